The highest BCUT2D eigenvalue weighted by molar-refractivity contribution is 6.05. The highest BCUT2D eigenvalue weighted by Gasteiger charge is 2.25. The van der Waals surface area contributed by atoms with E-state index in [4.69, 9.17) is 9.47 Å². The third-order valence-electron chi connectivity index (χ3n) is 4.16. The van der Waals surface area contributed by atoms with Gasteiger partial charge in [0, 0.05) is 18.6 Å². The van der Waals surface area contributed by atoms with E-state index in [0.717, 1.165) is 22.4 Å². The average Bonchev–Trinajstić information content (AvgIpc) is 2.61. The molecule has 1 aliphatic rings. The lowest BCUT2D eigenvalue weighted by Crippen LogP contribution is -2.28. The summed E-state index contributed by atoms with van der Waals surface area (Å²) >= 11 is 0. The highest BCUT2D eigenvalue weighted by atomic mass is 16.5. The van der Waals surface area contributed by atoms with Crippen LogP contribution < -0.4 is 9.47 Å². The lowest BCUT2D eigenvalue weighted by atomic mass is 9.90. The Bertz CT molecular complexity index is 798. The van der Waals surface area contributed by atoms with Gasteiger partial charge < -0.3 is 14.6 Å². The largest absolute Gasteiger partial charge is 0.493 e. The van der Waals surface area contributed by atoms with E-state index in [1.807, 2.05) is 42.5 Å². The quantitative estimate of drug-likeness (QED) is 0.918. The average molecular weight is 325 g/mol. The van der Waals surface area contributed by atoms with Crippen LogP contribution in [0.4, 0.5) is 0 Å². The first-order valence-corrected chi connectivity index (χ1v) is 7.71. The maximum Gasteiger partial charge on any atom is 0.328 e. The Kier molecular flexibility index (Phi) is 4.51. The predicted octanol–water partition coefficient (Wildman–Crippen LogP) is 2.74. The third kappa shape index (κ3) is 3.11. The topological polar surface area (TPSA) is 68.1 Å². The molecule has 3 rings (SSSR count). The number of methoxy groups -OCH3 is 2. The Balaban J connectivity index is 1.96. The molecule has 0 fully saturated rings. The third-order valence-corrected chi connectivity index (χ3v) is 4.16. The van der Waals surface area contributed by atoms with Gasteiger partial charge in [0.25, 0.3) is 0 Å². The summed E-state index contributed by atoms with van der Waals surface area (Å²) in [5.41, 5.74) is 3.82. The van der Waals surface area contributed by atoms with Crippen molar-refractivity contribution in [2.75, 3.05) is 14.2 Å². The molecule has 124 valence electrons. The molecule has 5 nitrogen and oxygen atoms in total. The molecule has 2 aromatic rings. The first-order chi connectivity index (χ1) is 11.6. The summed E-state index contributed by atoms with van der Waals surface area (Å²) in [4.78, 5) is 15.9. The van der Waals surface area contributed by atoms with Crippen LogP contribution in [0, 0.1) is 0 Å². The normalized spacial score (nSPS) is 16.1. The van der Waals surface area contributed by atoms with Crippen LogP contribution >= 0.6 is 0 Å². The first kappa shape index (κ1) is 16.1. The van der Waals surface area contributed by atoms with E-state index >= 15 is 0 Å². The lowest BCUT2D eigenvalue weighted by Gasteiger charge is -2.21. The maximum absolute atomic E-state index is 11.4. The standard InChI is InChI=1S/C19H19NO4/c1-23-17-8-7-12(10-18(17)24-2)9-15-14-6-4-3-5-13(14)11-16(20-15)19(21)22/h3-8,10,16H,9,11H2,1-2H3,(H,21,22). The second kappa shape index (κ2) is 6.74. The summed E-state index contributed by atoms with van der Waals surface area (Å²) in [5.74, 6) is 0.416. The number of aliphatic carboxylic acids is 1. The zero-order chi connectivity index (χ0) is 17.1. The Labute approximate surface area is 140 Å². The fourth-order valence-corrected chi connectivity index (χ4v) is 2.96. The second-order valence-corrected chi connectivity index (χ2v) is 5.66. The Morgan fingerprint density at radius 3 is 2.62 bits per heavy atom. The maximum atomic E-state index is 11.4. The number of carbonyl (C=O) groups is 1. The smallest absolute Gasteiger partial charge is 0.328 e. The van der Waals surface area contributed by atoms with E-state index in [-0.39, 0.29) is 0 Å². The van der Waals surface area contributed by atoms with Gasteiger partial charge in [-0.1, -0.05) is 30.3 Å². The summed E-state index contributed by atoms with van der Waals surface area (Å²) in [6, 6.07) is 12.8. The molecular weight excluding hydrogens is 306 g/mol. The molecule has 1 N–H and O–H groups in total. The predicted molar refractivity (Wildman–Crippen MR) is 91.4 cm³/mol. The van der Waals surface area contributed by atoms with Crippen molar-refractivity contribution >= 4 is 11.7 Å². The molecular formula is C19H19NO4. The van der Waals surface area contributed by atoms with Crippen molar-refractivity contribution < 1.29 is 19.4 Å². The van der Waals surface area contributed by atoms with Gasteiger partial charge in [0.1, 0.15) is 0 Å². The van der Waals surface area contributed by atoms with Crippen molar-refractivity contribution in [3.63, 3.8) is 0 Å². The van der Waals surface area contributed by atoms with Gasteiger partial charge in [-0.3, -0.25) is 4.99 Å². The zero-order valence-corrected chi connectivity index (χ0v) is 13.7. The minimum atomic E-state index is -0.894. The van der Waals surface area contributed by atoms with E-state index in [1.165, 1.54) is 0 Å². The number of benzene rings is 2. The molecule has 0 amide bonds. The summed E-state index contributed by atoms with van der Waals surface area (Å²) in [5, 5.41) is 9.35. The fraction of sp³-hybridized carbons (Fsp3) is 0.263. The molecule has 2 aromatic carbocycles. The molecule has 0 saturated carbocycles. The number of hydrogen-bond acceptors (Lipinski definition) is 4. The summed E-state index contributed by atoms with van der Waals surface area (Å²) in [6.45, 7) is 0. The molecule has 1 aliphatic heterocycles. The van der Waals surface area contributed by atoms with Gasteiger partial charge in [-0.15, -0.1) is 0 Å². The van der Waals surface area contributed by atoms with Crippen molar-refractivity contribution in [3.05, 3.63) is 59.2 Å². The van der Waals surface area contributed by atoms with Crippen LogP contribution in [-0.4, -0.2) is 37.0 Å². The van der Waals surface area contributed by atoms with Crippen molar-refractivity contribution in [1.29, 1.82) is 0 Å². The number of nitrogens with zero attached hydrogens (tertiary/aromatic N) is 1. The van der Waals surface area contributed by atoms with Crippen LogP contribution in [-0.2, 0) is 17.6 Å². The minimum Gasteiger partial charge on any atom is -0.493 e. The van der Waals surface area contributed by atoms with Crippen LogP contribution in [0.1, 0.15) is 16.7 Å². The number of carboxylic acid groups (broad SMARTS) is 1. The number of ether oxygens (including phenoxy) is 2. The molecule has 5 heteroatoms. The van der Waals surface area contributed by atoms with Crippen LogP contribution in [0.5, 0.6) is 11.5 Å². The summed E-state index contributed by atoms with van der Waals surface area (Å²) < 4.78 is 10.6. The van der Waals surface area contributed by atoms with Gasteiger partial charge in [-0.2, -0.15) is 0 Å². The molecule has 1 unspecified atom stereocenters. The van der Waals surface area contributed by atoms with E-state index in [9.17, 15) is 9.90 Å². The monoisotopic (exact) mass is 325 g/mol. The van der Waals surface area contributed by atoms with Gasteiger partial charge >= 0.3 is 5.97 Å². The van der Waals surface area contributed by atoms with Gasteiger partial charge in [0.15, 0.2) is 17.5 Å². The van der Waals surface area contributed by atoms with Crippen LogP contribution in [0.3, 0.4) is 0 Å². The second-order valence-electron chi connectivity index (χ2n) is 5.66. The number of fused-ring (bicyclic) bond motifs is 1. The molecule has 1 atom stereocenters. The molecule has 0 aliphatic carbocycles. The summed E-state index contributed by atoms with van der Waals surface area (Å²) in [6.07, 6.45) is 0.974. The van der Waals surface area contributed by atoms with E-state index in [2.05, 4.69) is 4.99 Å². The Morgan fingerprint density at radius 1 is 1.17 bits per heavy atom. The highest BCUT2D eigenvalue weighted by Crippen LogP contribution is 2.29. The van der Waals surface area contributed by atoms with Crippen molar-refractivity contribution in [2.45, 2.75) is 18.9 Å². The van der Waals surface area contributed by atoms with Gasteiger partial charge in [-0.25, -0.2) is 4.79 Å². The van der Waals surface area contributed by atoms with Crippen LogP contribution in [0.2, 0.25) is 0 Å². The zero-order valence-electron chi connectivity index (χ0n) is 13.7. The van der Waals surface area contributed by atoms with Gasteiger partial charge in [-0.05, 0) is 28.8 Å². The molecule has 0 saturated heterocycles. The molecule has 1 heterocycles. The number of carboxylic acids is 1. The van der Waals surface area contributed by atoms with E-state index < -0.39 is 12.0 Å². The van der Waals surface area contributed by atoms with Crippen LogP contribution in [0.25, 0.3) is 0 Å². The fourth-order valence-electron chi connectivity index (χ4n) is 2.96. The SMILES string of the molecule is COc1ccc(CC2=NC(C(=O)O)Cc3ccccc32)cc1OC. The molecule has 0 aromatic heterocycles. The minimum absolute atomic E-state index is 0.431. The number of aliphatic imine (C=N–C) groups is 1. The molecule has 0 spiro atoms. The number of rotatable bonds is 5. The van der Waals surface area contributed by atoms with Crippen molar-refractivity contribution in [3.8, 4) is 11.5 Å². The molecule has 0 bridgehead atoms. The van der Waals surface area contributed by atoms with Crippen molar-refractivity contribution in [1.82, 2.24) is 0 Å². The van der Waals surface area contributed by atoms with Crippen molar-refractivity contribution in [2.24, 2.45) is 4.99 Å². The Morgan fingerprint density at radius 2 is 1.92 bits per heavy atom. The Hall–Kier alpha value is -2.82. The lowest BCUT2D eigenvalue weighted by molar-refractivity contribution is -0.138. The molecule has 0 radical (unpaired) electrons. The van der Waals surface area contributed by atoms with Crippen LogP contribution in [0.15, 0.2) is 47.5 Å². The molecule has 24 heavy (non-hydrogen) atoms. The number of hydrogen-bond donors (Lipinski definition) is 1. The van der Waals surface area contributed by atoms with E-state index in [0.29, 0.717) is 24.3 Å². The summed E-state index contributed by atoms with van der Waals surface area (Å²) in [7, 11) is 3.19. The van der Waals surface area contributed by atoms with Gasteiger partial charge in [0.2, 0.25) is 0 Å². The van der Waals surface area contributed by atoms with E-state index in [1.54, 1.807) is 14.2 Å². The van der Waals surface area contributed by atoms with Gasteiger partial charge in [0.05, 0.1) is 14.2 Å². The first-order valence-electron chi connectivity index (χ1n) is 7.71.